The molecule has 0 fully saturated rings. The van der Waals surface area contributed by atoms with Gasteiger partial charge in [-0.15, -0.1) is 0 Å². The fourth-order valence-corrected chi connectivity index (χ4v) is 5.94. The van der Waals surface area contributed by atoms with E-state index in [-0.39, 0.29) is 0 Å². The quantitative estimate of drug-likeness (QED) is 0.166. The first-order chi connectivity index (χ1) is 20.8. The van der Waals surface area contributed by atoms with Crippen molar-refractivity contribution in [2.75, 3.05) is 0 Å². The van der Waals surface area contributed by atoms with E-state index in [1.165, 1.54) is 32.3 Å². The normalized spacial score (nSPS) is 11.3. The summed E-state index contributed by atoms with van der Waals surface area (Å²) >= 11 is 0. The molecule has 8 rings (SSSR count). The summed E-state index contributed by atoms with van der Waals surface area (Å²) < 4.78 is 0. The van der Waals surface area contributed by atoms with Gasteiger partial charge in [0.2, 0.25) is 0 Å². The Kier molecular flexibility index (Phi) is 5.79. The van der Waals surface area contributed by atoms with Crippen molar-refractivity contribution in [3.8, 4) is 45.0 Å². The Balaban J connectivity index is 1.43. The zero-order chi connectivity index (χ0) is 27.9. The second-order valence-corrected chi connectivity index (χ2v) is 10.5. The number of pyridine rings is 1. The summed E-state index contributed by atoms with van der Waals surface area (Å²) in [5.74, 6) is 0.698. The molecular weight excluding hydrogens is 510 g/mol. The lowest BCUT2D eigenvalue weighted by Gasteiger charge is -2.15. The molecule has 2 aromatic heterocycles. The predicted molar refractivity (Wildman–Crippen MR) is 174 cm³/mol. The predicted octanol–water partition coefficient (Wildman–Crippen LogP) is 10.00. The highest BCUT2D eigenvalue weighted by molar-refractivity contribution is 6.19. The van der Waals surface area contributed by atoms with Crippen LogP contribution in [0.3, 0.4) is 0 Å². The lowest BCUT2D eigenvalue weighted by atomic mass is 9.91. The van der Waals surface area contributed by atoms with Crippen LogP contribution in [0.15, 0.2) is 152 Å². The molecule has 3 nitrogen and oxygen atoms in total. The lowest BCUT2D eigenvalue weighted by Crippen LogP contribution is -1.97. The van der Waals surface area contributed by atoms with Gasteiger partial charge in [-0.05, 0) is 73.8 Å². The maximum absolute atomic E-state index is 5.29. The van der Waals surface area contributed by atoms with E-state index >= 15 is 0 Å². The first-order valence-corrected chi connectivity index (χ1v) is 14.1. The van der Waals surface area contributed by atoms with Gasteiger partial charge >= 0.3 is 0 Å². The Hall–Kier alpha value is -5.67. The molecule has 0 spiro atoms. The van der Waals surface area contributed by atoms with Gasteiger partial charge in [0.1, 0.15) is 0 Å². The standard InChI is InChI=1S/C39H25N3/c1-2-10-28(11-3-1)36-25-37(42-39(41-36)31-14-8-13-29(23-31)26-19-21-40-22-20-26)38-33-16-7-5-12-30(33)24-35-32-15-6-4-9-27(32)17-18-34(35)38/h1-25H. The molecule has 0 bridgehead atoms. The number of fused-ring (bicyclic) bond motifs is 4. The molecule has 42 heavy (non-hydrogen) atoms. The summed E-state index contributed by atoms with van der Waals surface area (Å²) in [7, 11) is 0. The SMILES string of the molecule is c1ccc(-c2cc(-c3c4ccccc4cc4c3ccc3ccccc34)nc(-c3cccc(-c4ccncc4)c3)n2)cc1. The van der Waals surface area contributed by atoms with E-state index in [9.17, 15) is 0 Å². The maximum atomic E-state index is 5.29. The Labute approximate surface area is 243 Å². The van der Waals surface area contributed by atoms with Crippen molar-refractivity contribution < 1.29 is 0 Å². The summed E-state index contributed by atoms with van der Waals surface area (Å²) in [6.45, 7) is 0. The molecule has 0 aliphatic rings. The number of hydrogen-bond donors (Lipinski definition) is 0. The third kappa shape index (κ3) is 4.20. The third-order valence-corrected chi connectivity index (χ3v) is 7.96. The van der Waals surface area contributed by atoms with E-state index in [2.05, 4.69) is 126 Å². The average molecular weight is 536 g/mol. The summed E-state index contributed by atoms with van der Waals surface area (Å²) in [6.07, 6.45) is 3.64. The van der Waals surface area contributed by atoms with Crippen molar-refractivity contribution >= 4 is 32.3 Å². The zero-order valence-corrected chi connectivity index (χ0v) is 22.8. The Bertz CT molecular complexity index is 2240. The fourth-order valence-electron chi connectivity index (χ4n) is 5.94. The Morgan fingerprint density at radius 3 is 1.90 bits per heavy atom. The number of aromatic nitrogens is 3. The Morgan fingerprint density at radius 1 is 0.357 bits per heavy atom. The molecule has 0 saturated heterocycles. The summed E-state index contributed by atoms with van der Waals surface area (Å²) in [6, 6.07) is 49.0. The molecule has 8 aromatic rings. The molecular formula is C39H25N3. The van der Waals surface area contributed by atoms with E-state index < -0.39 is 0 Å². The van der Waals surface area contributed by atoms with E-state index in [4.69, 9.17) is 9.97 Å². The molecule has 0 amide bonds. The first kappa shape index (κ1) is 24.2. The molecule has 0 aliphatic carbocycles. The van der Waals surface area contributed by atoms with E-state index in [1.807, 2.05) is 30.6 Å². The summed E-state index contributed by atoms with van der Waals surface area (Å²) in [5, 5.41) is 7.24. The molecule has 0 unspecified atom stereocenters. The van der Waals surface area contributed by atoms with Gasteiger partial charge in [0, 0.05) is 29.1 Å². The smallest absolute Gasteiger partial charge is 0.160 e. The number of nitrogens with zero attached hydrogens (tertiary/aromatic N) is 3. The molecule has 0 aliphatic heterocycles. The molecule has 0 saturated carbocycles. The van der Waals surface area contributed by atoms with Crippen LogP contribution in [0.2, 0.25) is 0 Å². The Morgan fingerprint density at radius 2 is 1.05 bits per heavy atom. The highest BCUT2D eigenvalue weighted by atomic mass is 14.9. The molecule has 0 radical (unpaired) electrons. The van der Waals surface area contributed by atoms with Crippen LogP contribution in [0.4, 0.5) is 0 Å². The van der Waals surface area contributed by atoms with Crippen LogP contribution in [0.5, 0.6) is 0 Å². The maximum Gasteiger partial charge on any atom is 0.160 e. The van der Waals surface area contributed by atoms with Crippen molar-refractivity contribution in [1.82, 2.24) is 15.0 Å². The zero-order valence-electron chi connectivity index (χ0n) is 22.8. The van der Waals surface area contributed by atoms with Gasteiger partial charge in [-0.2, -0.15) is 0 Å². The molecule has 0 atom stereocenters. The van der Waals surface area contributed by atoms with Gasteiger partial charge in [-0.1, -0.05) is 109 Å². The molecule has 2 heterocycles. The van der Waals surface area contributed by atoms with E-state index in [0.717, 1.165) is 39.2 Å². The van der Waals surface area contributed by atoms with Crippen LogP contribution >= 0.6 is 0 Å². The van der Waals surface area contributed by atoms with Crippen LogP contribution in [0.25, 0.3) is 77.3 Å². The van der Waals surface area contributed by atoms with Crippen LogP contribution in [0, 0.1) is 0 Å². The average Bonchev–Trinajstić information content (AvgIpc) is 3.08. The lowest BCUT2D eigenvalue weighted by molar-refractivity contribution is 1.19. The third-order valence-electron chi connectivity index (χ3n) is 7.96. The van der Waals surface area contributed by atoms with Crippen LogP contribution in [-0.4, -0.2) is 15.0 Å². The fraction of sp³-hybridized carbons (Fsp3) is 0. The molecule has 3 heteroatoms. The van der Waals surface area contributed by atoms with Crippen molar-refractivity contribution in [3.63, 3.8) is 0 Å². The summed E-state index contributed by atoms with van der Waals surface area (Å²) in [4.78, 5) is 14.6. The molecule has 6 aromatic carbocycles. The second-order valence-electron chi connectivity index (χ2n) is 10.5. The van der Waals surface area contributed by atoms with E-state index in [0.29, 0.717) is 5.82 Å². The van der Waals surface area contributed by atoms with Crippen molar-refractivity contribution in [1.29, 1.82) is 0 Å². The van der Waals surface area contributed by atoms with Crippen molar-refractivity contribution in [2.45, 2.75) is 0 Å². The van der Waals surface area contributed by atoms with Crippen LogP contribution in [0.1, 0.15) is 0 Å². The number of hydrogen-bond acceptors (Lipinski definition) is 3. The van der Waals surface area contributed by atoms with Crippen LogP contribution < -0.4 is 0 Å². The van der Waals surface area contributed by atoms with Gasteiger partial charge in [0.15, 0.2) is 5.82 Å². The minimum Gasteiger partial charge on any atom is -0.265 e. The minimum atomic E-state index is 0.698. The van der Waals surface area contributed by atoms with Crippen molar-refractivity contribution in [2.24, 2.45) is 0 Å². The second kappa shape index (κ2) is 10.1. The largest absolute Gasteiger partial charge is 0.265 e. The number of rotatable bonds is 4. The van der Waals surface area contributed by atoms with Crippen LogP contribution in [-0.2, 0) is 0 Å². The number of benzene rings is 6. The summed E-state index contributed by atoms with van der Waals surface area (Å²) in [5.41, 5.74) is 7.17. The van der Waals surface area contributed by atoms with Gasteiger partial charge in [-0.25, -0.2) is 9.97 Å². The topological polar surface area (TPSA) is 38.7 Å². The highest BCUT2D eigenvalue weighted by Gasteiger charge is 2.17. The van der Waals surface area contributed by atoms with Gasteiger partial charge < -0.3 is 0 Å². The first-order valence-electron chi connectivity index (χ1n) is 14.1. The minimum absolute atomic E-state index is 0.698. The van der Waals surface area contributed by atoms with Gasteiger partial charge in [-0.3, -0.25) is 4.98 Å². The molecule has 196 valence electrons. The van der Waals surface area contributed by atoms with Gasteiger partial charge in [0.05, 0.1) is 11.4 Å². The monoisotopic (exact) mass is 535 g/mol. The van der Waals surface area contributed by atoms with Crippen molar-refractivity contribution in [3.05, 3.63) is 152 Å². The van der Waals surface area contributed by atoms with E-state index in [1.54, 1.807) is 0 Å². The molecule has 0 N–H and O–H groups in total. The highest BCUT2D eigenvalue weighted by Crippen LogP contribution is 2.40. The van der Waals surface area contributed by atoms with Gasteiger partial charge in [0.25, 0.3) is 0 Å².